The molecule has 1 aliphatic rings. The SMILES string of the molecule is C=Cc1ccc2ncc(-c3ccc(N4CCN(C(C)C)CC4)c(F)c3)n2n1. The number of imidazole rings is 1. The Balaban J connectivity index is 1.62. The highest BCUT2D eigenvalue weighted by Gasteiger charge is 2.21. The molecule has 0 spiro atoms. The average molecular weight is 365 g/mol. The first kappa shape index (κ1) is 17.7. The van der Waals surface area contributed by atoms with Crippen LogP contribution < -0.4 is 4.90 Å². The molecule has 3 heterocycles. The van der Waals surface area contributed by atoms with E-state index >= 15 is 0 Å². The highest BCUT2D eigenvalue weighted by Crippen LogP contribution is 2.28. The second-order valence-electron chi connectivity index (χ2n) is 7.16. The van der Waals surface area contributed by atoms with Crippen molar-refractivity contribution in [2.45, 2.75) is 19.9 Å². The summed E-state index contributed by atoms with van der Waals surface area (Å²) in [5.41, 5.74) is 3.67. The molecule has 5 nitrogen and oxygen atoms in total. The van der Waals surface area contributed by atoms with E-state index in [1.165, 1.54) is 0 Å². The van der Waals surface area contributed by atoms with Crippen molar-refractivity contribution in [2.75, 3.05) is 31.1 Å². The smallest absolute Gasteiger partial charge is 0.154 e. The molecule has 0 radical (unpaired) electrons. The number of piperazine rings is 1. The molecular weight excluding hydrogens is 341 g/mol. The monoisotopic (exact) mass is 365 g/mol. The number of rotatable bonds is 4. The minimum absolute atomic E-state index is 0.208. The molecule has 0 saturated carbocycles. The van der Waals surface area contributed by atoms with Gasteiger partial charge < -0.3 is 4.90 Å². The van der Waals surface area contributed by atoms with Crippen LogP contribution in [0.5, 0.6) is 0 Å². The zero-order valence-corrected chi connectivity index (χ0v) is 15.8. The van der Waals surface area contributed by atoms with Crippen molar-refractivity contribution in [1.82, 2.24) is 19.5 Å². The molecule has 1 fully saturated rings. The summed E-state index contributed by atoms with van der Waals surface area (Å²) in [5, 5.41) is 4.49. The number of hydrogen-bond acceptors (Lipinski definition) is 4. The van der Waals surface area contributed by atoms with E-state index in [1.807, 2.05) is 24.3 Å². The van der Waals surface area contributed by atoms with Gasteiger partial charge in [-0.2, -0.15) is 5.10 Å². The summed E-state index contributed by atoms with van der Waals surface area (Å²) in [5.74, 6) is -0.208. The second-order valence-corrected chi connectivity index (χ2v) is 7.16. The lowest BCUT2D eigenvalue weighted by atomic mass is 10.1. The van der Waals surface area contributed by atoms with Crippen LogP contribution in [0.2, 0.25) is 0 Å². The van der Waals surface area contributed by atoms with Crippen molar-refractivity contribution in [3.63, 3.8) is 0 Å². The maximum Gasteiger partial charge on any atom is 0.154 e. The number of hydrogen-bond donors (Lipinski definition) is 0. The van der Waals surface area contributed by atoms with Crippen LogP contribution in [0.3, 0.4) is 0 Å². The highest BCUT2D eigenvalue weighted by molar-refractivity contribution is 5.66. The molecule has 140 valence electrons. The normalized spacial score (nSPS) is 15.6. The summed E-state index contributed by atoms with van der Waals surface area (Å²) < 4.78 is 16.6. The van der Waals surface area contributed by atoms with Gasteiger partial charge in [0, 0.05) is 37.8 Å². The van der Waals surface area contributed by atoms with E-state index in [0.29, 0.717) is 11.7 Å². The fourth-order valence-electron chi connectivity index (χ4n) is 3.60. The van der Waals surface area contributed by atoms with E-state index in [-0.39, 0.29) is 5.82 Å². The third-order valence-corrected chi connectivity index (χ3v) is 5.22. The summed E-state index contributed by atoms with van der Waals surface area (Å²) in [7, 11) is 0. The fraction of sp³-hybridized carbons (Fsp3) is 0.333. The van der Waals surface area contributed by atoms with Crippen molar-refractivity contribution in [1.29, 1.82) is 0 Å². The minimum atomic E-state index is -0.208. The Bertz CT molecular complexity index is 970. The Hall–Kier alpha value is -2.73. The molecule has 0 amide bonds. The molecule has 1 aromatic carbocycles. The van der Waals surface area contributed by atoms with Crippen molar-refractivity contribution < 1.29 is 4.39 Å². The number of fused-ring (bicyclic) bond motifs is 1. The van der Waals surface area contributed by atoms with Crippen LogP contribution in [0.15, 0.2) is 43.1 Å². The third-order valence-electron chi connectivity index (χ3n) is 5.22. The highest BCUT2D eigenvalue weighted by atomic mass is 19.1. The Morgan fingerprint density at radius 2 is 1.89 bits per heavy atom. The van der Waals surface area contributed by atoms with Crippen LogP contribution in [0, 0.1) is 5.82 Å². The van der Waals surface area contributed by atoms with Gasteiger partial charge in [-0.3, -0.25) is 4.90 Å². The quantitative estimate of drug-likeness (QED) is 0.706. The summed E-state index contributed by atoms with van der Waals surface area (Å²) in [4.78, 5) is 8.91. The Morgan fingerprint density at radius 1 is 1.11 bits per heavy atom. The predicted molar refractivity (Wildman–Crippen MR) is 107 cm³/mol. The molecule has 0 N–H and O–H groups in total. The lowest BCUT2D eigenvalue weighted by Gasteiger charge is -2.38. The molecule has 0 unspecified atom stereocenters. The van der Waals surface area contributed by atoms with Crippen molar-refractivity contribution in [2.24, 2.45) is 0 Å². The van der Waals surface area contributed by atoms with E-state index in [0.717, 1.165) is 48.8 Å². The van der Waals surface area contributed by atoms with Crippen LogP contribution >= 0.6 is 0 Å². The van der Waals surface area contributed by atoms with Crippen LogP contribution in [0.25, 0.3) is 23.0 Å². The molecule has 4 rings (SSSR count). The molecule has 3 aromatic rings. The van der Waals surface area contributed by atoms with Gasteiger partial charge in [0.05, 0.1) is 23.3 Å². The van der Waals surface area contributed by atoms with Crippen LogP contribution in [-0.2, 0) is 0 Å². The zero-order valence-electron chi connectivity index (χ0n) is 15.8. The van der Waals surface area contributed by atoms with E-state index in [2.05, 4.69) is 40.3 Å². The first-order valence-electron chi connectivity index (χ1n) is 9.33. The molecule has 6 heteroatoms. The molecule has 0 aliphatic carbocycles. The fourth-order valence-corrected chi connectivity index (χ4v) is 3.60. The molecule has 0 atom stereocenters. The van der Waals surface area contributed by atoms with Gasteiger partial charge in [-0.25, -0.2) is 13.9 Å². The Labute approximate surface area is 158 Å². The second kappa shape index (κ2) is 7.12. The third kappa shape index (κ3) is 3.32. The van der Waals surface area contributed by atoms with E-state index in [1.54, 1.807) is 22.9 Å². The van der Waals surface area contributed by atoms with Crippen LogP contribution in [0.1, 0.15) is 19.5 Å². The van der Waals surface area contributed by atoms with Crippen molar-refractivity contribution in [3.05, 3.63) is 54.6 Å². The summed E-state index contributed by atoms with van der Waals surface area (Å²) in [6.07, 6.45) is 3.41. The Kier molecular flexibility index (Phi) is 4.66. The van der Waals surface area contributed by atoms with Gasteiger partial charge in [-0.15, -0.1) is 0 Å². The van der Waals surface area contributed by atoms with Crippen LogP contribution in [0.4, 0.5) is 10.1 Å². The van der Waals surface area contributed by atoms with E-state index in [4.69, 9.17) is 0 Å². The molecule has 2 aromatic heterocycles. The van der Waals surface area contributed by atoms with Crippen molar-refractivity contribution >= 4 is 17.4 Å². The molecule has 1 aliphatic heterocycles. The number of aromatic nitrogens is 3. The lowest BCUT2D eigenvalue weighted by Crippen LogP contribution is -2.49. The predicted octanol–water partition coefficient (Wildman–Crippen LogP) is 3.71. The minimum Gasteiger partial charge on any atom is -0.367 e. The number of nitrogens with zero attached hydrogens (tertiary/aromatic N) is 5. The number of benzene rings is 1. The maximum absolute atomic E-state index is 14.9. The average Bonchev–Trinajstić information content (AvgIpc) is 3.11. The lowest BCUT2D eigenvalue weighted by molar-refractivity contribution is 0.209. The first-order valence-corrected chi connectivity index (χ1v) is 9.33. The van der Waals surface area contributed by atoms with Crippen molar-refractivity contribution in [3.8, 4) is 11.3 Å². The summed E-state index contributed by atoms with van der Waals surface area (Å²) in [6.45, 7) is 11.8. The topological polar surface area (TPSA) is 36.7 Å². The summed E-state index contributed by atoms with van der Waals surface area (Å²) >= 11 is 0. The Morgan fingerprint density at radius 3 is 2.56 bits per heavy atom. The molecule has 27 heavy (non-hydrogen) atoms. The van der Waals surface area contributed by atoms with Gasteiger partial charge in [-0.05, 0) is 44.2 Å². The van der Waals surface area contributed by atoms with E-state index < -0.39 is 0 Å². The maximum atomic E-state index is 14.9. The van der Waals surface area contributed by atoms with Crippen LogP contribution in [-0.4, -0.2) is 51.7 Å². The first-order chi connectivity index (χ1) is 13.1. The standard InChI is InChI=1S/C21H24FN5/c1-4-17-6-8-21-23-14-20(27(21)24-17)16-5-7-19(18(22)13-16)26-11-9-25(10-12-26)15(2)3/h4-8,13-15H,1,9-12H2,2-3H3. The van der Waals surface area contributed by atoms with E-state index in [9.17, 15) is 4.39 Å². The largest absolute Gasteiger partial charge is 0.367 e. The van der Waals surface area contributed by atoms with Gasteiger partial charge in [0.15, 0.2) is 5.65 Å². The molecular formula is C21H24FN5. The van der Waals surface area contributed by atoms with Gasteiger partial charge in [0.1, 0.15) is 5.82 Å². The molecule has 0 bridgehead atoms. The zero-order chi connectivity index (χ0) is 19.0. The molecule has 1 saturated heterocycles. The van der Waals surface area contributed by atoms with Gasteiger partial charge >= 0.3 is 0 Å². The number of anilines is 1. The van der Waals surface area contributed by atoms with Gasteiger partial charge in [0.25, 0.3) is 0 Å². The number of halogens is 1. The van der Waals surface area contributed by atoms with Gasteiger partial charge in [0.2, 0.25) is 0 Å². The summed E-state index contributed by atoms with van der Waals surface area (Å²) in [6, 6.07) is 9.66. The van der Waals surface area contributed by atoms with Gasteiger partial charge in [-0.1, -0.05) is 12.6 Å².